The van der Waals surface area contributed by atoms with E-state index in [1.807, 2.05) is 12.1 Å². The summed E-state index contributed by atoms with van der Waals surface area (Å²) in [7, 11) is 5.79. The van der Waals surface area contributed by atoms with Gasteiger partial charge in [0, 0.05) is 12.7 Å². The number of methoxy groups -OCH3 is 1. The van der Waals surface area contributed by atoms with Gasteiger partial charge in [-0.25, -0.2) is 9.97 Å². The number of aromatic nitrogens is 2. The van der Waals surface area contributed by atoms with Crippen LogP contribution in [0, 0.1) is 0 Å². The fourth-order valence-electron chi connectivity index (χ4n) is 2.08. The second-order valence-electron chi connectivity index (χ2n) is 4.86. The number of likely N-dealkylation sites (N-methyl/N-ethyl adjacent to an activating group) is 1. The molecule has 0 amide bonds. The average molecular weight is 351 g/mol. The van der Waals surface area contributed by atoms with Crippen LogP contribution >= 0.6 is 15.9 Å². The van der Waals surface area contributed by atoms with E-state index in [9.17, 15) is 0 Å². The first-order valence-corrected chi connectivity index (χ1v) is 7.41. The number of nitrogens with one attached hydrogen (secondary N) is 1. The second-order valence-corrected chi connectivity index (χ2v) is 5.71. The first kappa shape index (κ1) is 15.7. The predicted octanol–water partition coefficient (Wildman–Crippen LogP) is 2.96. The van der Waals surface area contributed by atoms with Gasteiger partial charge in [-0.1, -0.05) is 12.1 Å². The first-order valence-electron chi connectivity index (χ1n) is 6.61. The van der Waals surface area contributed by atoms with Crippen LogP contribution in [0.5, 0.6) is 5.75 Å². The lowest BCUT2D eigenvalue weighted by Crippen LogP contribution is -2.27. The molecule has 0 aliphatic carbocycles. The lowest BCUT2D eigenvalue weighted by Gasteiger charge is -2.25. The maximum atomic E-state index is 5.30. The molecule has 0 aliphatic heterocycles. The van der Waals surface area contributed by atoms with Crippen LogP contribution < -0.4 is 10.1 Å². The number of benzene rings is 1. The standard InChI is InChI=1S/C15H19BrN4O/c1-20(2)14(11-5-4-6-12(7-11)21-3)9-18-15-13(16)8-17-10-19-15/h4-8,10,14H,9H2,1-3H3,(H,17,18,19). The number of nitrogens with zero attached hydrogens (tertiary/aromatic N) is 3. The Hall–Kier alpha value is -1.66. The Morgan fingerprint density at radius 1 is 1.38 bits per heavy atom. The highest BCUT2D eigenvalue weighted by molar-refractivity contribution is 9.10. The third kappa shape index (κ3) is 4.15. The molecular formula is C15H19BrN4O. The van der Waals surface area contributed by atoms with Gasteiger partial charge in [0.15, 0.2) is 0 Å². The fourth-order valence-corrected chi connectivity index (χ4v) is 2.44. The molecule has 2 rings (SSSR count). The lowest BCUT2D eigenvalue weighted by atomic mass is 10.1. The van der Waals surface area contributed by atoms with Crippen LogP contribution in [0.4, 0.5) is 5.82 Å². The van der Waals surface area contributed by atoms with Crippen LogP contribution in [0.2, 0.25) is 0 Å². The molecule has 1 atom stereocenters. The van der Waals surface area contributed by atoms with Crippen molar-refractivity contribution in [3.05, 3.63) is 46.8 Å². The van der Waals surface area contributed by atoms with Crippen molar-refractivity contribution in [2.45, 2.75) is 6.04 Å². The van der Waals surface area contributed by atoms with E-state index < -0.39 is 0 Å². The van der Waals surface area contributed by atoms with Gasteiger partial charge < -0.3 is 15.0 Å². The van der Waals surface area contributed by atoms with Crippen LogP contribution in [0.3, 0.4) is 0 Å². The molecular weight excluding hydrogens is 332 g/mol. The molecule has 1 aromatic heterocycles. The van der Waals surface area contributed by atoms with Gasteiger partial charge in [0.05, 0.1) is 17.6 Å². The smallest absolute Gasteiger partial charge is 0.143 e. The Morgan fingerprint density at radius 3 is 2.86 bits per heavy atom. The van der Waals surface area contributed by atoms with Gasteiger partial charge in [-0.05, 0) is 47.7 Å². The van der Waals surface area contributed by atoms with Gasteiger partial charge in [0.25, 0.3) is 0 Å². The maximum Gasteiger partial charge on any atom is 0.143 e. The number of rotatable bonds is 6. The molecule has 1 unspecified atom stereocenters. The molecule has 0 fully saturated rings. The topological polar surface area (TPSA) is 50.3 Å². The van der Waals surface area contributed by atoms with Crippen LogP contribution in [-0.4, -0.2) is 42.6 Å². The highest BCUT2D eigenvalue weighted by Gasteiger charge is 2.15. The molecule has 112 valence electrons. The van der Waals surface area contributed by atoms with E-state index >= 15 is 0 Å². The van der Waals surface area contributed by atoms with Gasteiger partial charge in [-0.2, -0.15) is 0 Å². The first-order chi connectivity index (χ1) is 10.1. The SMILES string of the molecule is COc1cccc(C(CNc2ncncc2Br)N(C)C)c1. The van der Waals surface area contributed by atoms with Crippen molar-refractivity contribution in [3.8, 4) is 5.75 Å². The summed E-state index contributed by atoms with van der Waals surface area (Å²) in [6, 6.07) is 8.32. The quantitative estimate of drug-likeness (QED) is 0.867. The Morgan fingerprint density at radius 2 is 2.19 bits per heavy atom. The number of hydrogen-bond donors (Lipinski definition) is 1. The molecule has 0 spiro atoms. The molecule has 0 radical (unpaired) electrons. The molecule has 0 saturated carbocycles. The van der Waals surface area contributed by atoms with Crippen molar-refractivity contribution in [3.63, 3.8) is 0 Å². The molecule has 1 N–H and O–H groups in total. The van der Waals surface area contributed by atoms with Crippen LogP contribution in [0.25, 0.3) is 0 Å². The van der Waals surface area contributed by atoms with Crippen molar-refractivity contribution >= 4 is 21.7 Å². The van der Waals surface area contributed by atoms with Gasteiger partial charge in [-0.3, -0.25) is 0 Å². The Labute approximate surface area is 133 Å². The summed E-state index contributed by atoms with van der Waals surface area (Å²) >= 11 is 3.44. The summed E-state index contributed by atoms with van der Waals surface area (Å²) in [5.41, 5.74) is 1.19. The van der Waals surface area contributed by atoms with Crippen LogP contribution in [-0.2, 0) is 0 Å². The van der Waals surface area contributed by atoms with Crippen molar-refractivity contribution in [1.29, 1.82) is 0 Å². The zero-order valence-electron chi connectivity index (χ0n) is 12.4. The largest absolute Gasteiger partial charge is 0.497 e. The number of halogens is 1. The molecule has 2 aromatic rings. The third-order valence-corrected chi connectivity index (χ3v) is 3.81. The molecule has 6 heteroatoms. The summed E-state index contributed by atoms with van der Waals surface area (Å²) in [4.78, 5) is 10.4. The summed E-state index contributed by atoms with van der Waals surface area (Å²) in [6.07, 6.45) is 3.26. The van der Waals surface area contributed by atoms with Gasteiger partial charge in [0.2, 0.25) is 0 Å². The van der Waals surface area contributed by atoms with E-state index in [0.29, 0.717) is 0 Å². The zero-order valence-corrected chi connectivity index (χ0v) is 14.0. The lowest BCUT2D eigenvalue weighted by molar-refractivity contribution is 0.310. The Bertz CT molecular complexity index is 591. The molecule has 0 aliphatic rings. The normalized spacial score (nSPS) is 12.2. The Kier molecular flexibility index (Phi) is 5.52. The molecule has 0 bridgehead atoms. The van der Waals surface area contributed by atoms with E-state index in [4.69, 9.17) is 4.74 Å². The monoisotopic (exact) mass is 350 g/mol. The van der Waals surface area contributed by atoms with Crippen molar-refractivity contribution in [1.82, 2.24) is 14.9 Å². The highest BCUT2D eigenvalue weighted by Crippen LogP contribution is 2.24. The van der Waals surface area contributed by atoms with Gasteiger partial charge >= 0.3 is 0 Å². The molecule has 5 nitrogen and oxygen atoms in total. The van der Waals surface area contributed by atoms with E-state index in [1.165, 1.54) is 11.9 Å². The third-order valence-electron chi connectivity index (χ3n) is 3.23. The maximum absolute atomic E-state index is 5.30. The minimum atomic E-state index is 0.210. The number of anilines is 1. The summed E-state index contributed by atoms with van der Waals surface area (Å²) < 4.78 is 6.15. The van der Waals surface area contributed by atoms with Gasteiger partial charge in [-0.15, -0.1) is 0 Å². The second kappa shape index (κ2) is 7.38. The molecule has 1 aromatic carbocycles. The molecule has 1 heterocycles. The summed E-state index contributed by atoms with van der Waals surface area (Å²) in [5, 5.41) is 3.35. The number of ether oxygens (including phenoxy) is 1. The van der Waals surface area contributed by atoms with Crippen LogP contribution in [0.1, 0.15) is 11.6 Å². The van der Waals surface area contributed by atoms with E-state index in [1.54, 1.807) is 13.3 Å². The van der Waals surface area contributed by atoms with Crippen LogP contribution in [0.15, 0.2) is 41.3 Å². The van der Waals surface area contributed by atoms with Crippen molar-refractivity contribution in [2.24, 2.45) is 0 Å². The van der Waals surface area contributed by atoms with Crippen molar-refractivity contribution < 1.29 is 4.74 Å². The summed E-state index contributed by atoms with van der Waals surface area (Å²) in [5.74, 6) is 1.65. The van der Waals surface area contributed by atoms with E-state index in [-0.39, 0.29) is 6.04 Å². The van der Waals surface area contributed by atoms with Gasteiger partial charge in [0.1, 0.15) is 17.9 Å². The average Bonchev–Trinajstić information content (AvgIpc) is 2.49. The zero-order chi connectivity index (χ0) is 15.2. The van der Waals surface area contributed by atoms with Crippen molar-refractivity contribution in [2.75, 3.05) is 33.1 Å². The molecule has 21 heavy (non-hydrogen) atoms. The summed E-state index contributed by atoms with van der Waals surface area (Å²) in [6.45, 7) is 0.732. The van der Waals surface area contributed by atoms with E-state index in [0.717, 1.165) is 22.6 Å². The highest BCUT2D eigenvalue weighted by atomic mass is 79.9. The van der Waals surface area contributed by atoms with E-state index in [2.05, 4.69) is 62.3 Å². The minimum Gasteiger partial charge on any atom is -0.497 e. The molecule has 0 saturated heterocycles. The minimum absolute atomic E-state index is 0.210. The fraction of sp³-hybridized carbons (Fsp3) is 0.333. The Balaban J connectivity index is 2.14. The predicted molar refractivity (Wildman–Crippen MR) is 87.6 cm³/mol. The number of hydrogen-bond acceptors (Lipinski definition) is 5.